The van der Waals surface area contributed by atoms with Gasteiger partial charge in [-0.2, -0.15) is 0 Å². The van der Waals surface area contributed by atoms with Crippen LogP contribution in [0.4, 0.5) is 0 Å². The van der Waals surface area contributed by atoms with Crippen LogP contribution in [0.2, 0.25) is 0 Å². The van der Waals surface area contributed by atoms with Crippen molar-refractivity contribution >= 4 is 23.7 Å². The van der Waals surface area contributed by atoms with Gasteiger partial charge in [-0.15, -0.1) is 0 Å². The first-order valence-electron chi connectivity index (χ1n) is 8.75. The quantitative estimate of drug-likeness (QED) is 0.532. The maximum absolute atomic E-state index is 12.3. The Morgan fingerprint density at radius 1 is 1.07 bits per heavy atom. The molecule has 0 saturated heterocycles. The van der Waals surface area contributed by atoms with Gasteiger partial charge in [-0.1, -0.05) is 0 Å². The second kappa shape index (κ2) is 10.8. The molecule has 5 unspecified atom stereocenters. The maximum Gasteiger partial charge on any atom is 0.336 e. The van der Waals surface area contributed by atoms with Gasteiger partial charge in [-0.3, -0.25) is 9.59 Å². The van der Waals surface area contributed by atoms with Crippen molar-refractivity contribution in [3.8, 4) is 0 Å². The van der Waals surface area contributed by atoms with Gasteiger partial charge < -0.3 is 24.1 Å². The molecule has 0 saturated carbocycles. The molecule has 0 aromatic rings. The van der Waals surface area contributed by atoms with E-state index in [0.29, 0.717) is 0 Å². The van der Waals surface area contributed by atoms with E-state index in [2.05, 4.69) is 0 Å². The molecule has 0 aromatic carbocycles. The van der Waals surface area contributed by atoms with E-state index in [1.54, 1.807) is 6.92 Å². The third-order valence-electron chi connectivity index (χ3n) is 3.76. The molecule has 1 aliphatic heterocycles. The molecule has 0 fully saturated rings. The highest BCUT2D eigenvalue weighted by atomic mass is 16.6. The molecule has 1 rings (SSSR count). The molecule has 1 aliphatic rings. The van der Waals surface area contributed by atoms with Crippen molar-refractivity contribution in [2.45, 2.75) is 71.1 Å². The lowest BCUT2D eigenvalue weighted by Gasteiger charge is -2.22. The number of carbonyl (C=O) groups excluding carboxylic acids is 4. The molecule has 27 heavy (non-hydrogen) atoms. The van der Waals surface area contributed by atoms with Crippen LogP contribution in [-0.4, -0.2) is 65.9 Å². The second-order valence-electron chi connectivity index (χ2n) is 6.19. The molecular formula is C18H26O9. The van der Waals surface area contributed by atoms with E-state index >= 15 is 0 Å². The van der Waals surface area contributed by atoms with E-state index in [9.17, 15) is 24.3 Å². The summed E-state index contributed by atoms with van der Waals surface area (Å²) in [6.45, 7) is 6.10. The number of rotatable bonds is 2. The SMILES string of the molecule is CCOC1CC(=O)C(C)OC(=O)CC(C)OC(=O)/C=C/C(O)C(C)OC1=O. The summed E-state index contributed by atoms with van der Waals surface area (Å²) < 4.78 is 20.4. The average molecular weight is 386 g/mol. The van der Waals surface area contributed by atoms with Crippen LogP contribution in [-0.2, 0) is 38.1 Å². The van der Waals surface area contributed by atoms with E-state index in [1.807, 2.05) is 0 Å². The average Bonchev–Trinajstić information content (AvgIpc) is 2.57. The third kappa shape index (κ3) is 7.88. The van der Waals surface area contributed by atoms with Crippen LogP contribution in [0, 0.1) is 0 Å². The number of Topliss-reactive ketones (excluding diaryl/α,β-unsaturated/α-hetero) is 1. The summed E-state index contributed by atoms with van der Waals surface area (Å²) in [4.78, 5) is 48.1. The van der Waals surface area contributed by atoms with Gasteiger partial charge in [0.05, 0.1) is 6.42 Å². The van der Waals surface area contributed by atoms with Gasteiger partial charge in [0, 0.05) is 19.1 Å². The van der Waals surface area contributed by atoms with Crippen LogP contribution in [0.3, 0.4) is 0 Å². The summed E-state index contributed by atoms with van der Waals surface area (Å²) in [7, 11) is 0. The molecule has 9 heteroatoms. The normalized spacial score (nSPS) is 33.0. The number of carbonyl (C=O) groups is 4. The van der Waals surface area contributed by atoms with Crippen LogP contribution in [0.5, 0.6) is 0 Å². The second-order valence-corrected chi connectivity index (χ2v) is 6.19. The lowest BCUT2D eigenvalue weighted by atomic mass is 10.1. The Kier molecular flexibility index (Phi) is 9.10. The molecule has 9 nitrogen and oxygen atoms in total. The van der Waals surface area contributed by atoms with Crippen LogP contribution in [0.1, 0.15) is 40.5 Å². The zero-order valence-corrected chi connectivity index (χ0v) is 15.9. The third-order valence-corrected chi connectivity index (χ3v) is 3.76. The monoisotopic (exact) mass is 386 g/mol. The Hall–Kier alpha value is -2.26. The summed E-state index contributed by atoms with van der Waals surface area (Å²) in [5, 5.41) is 9.99. The fourth-order valence-corrected chi connectivity index (χ4v) is 2.25. The van der Waals surface area contributed by atoms with E-state index in [1.165, 1.54) is 20.8 Å². The number of ketones is 1. The van der Waals surface area contributed by atoms with Crippen molar-refractivity contribution in [2.75, 3.05) is 6.61 Å². The Balaban J connectivity index is 3.02. The molecule has 1 heterocycles. The van der Waals surface area contributed by atoms with Gasteiger partial charge in [-0.25, -0.2) is 9.59 Å². The van der Waals surface area contributed by atoms with E-state index in [-0.39, 0.29) is 19.4 Å². The highest BCUT2D eigenvalue weighted by Gasteiger charge is 2.30. The van der Waals surface area contributed by atoms with Crippen LogP contribution >= 0.6 is 0 Å². The van der Waals surface area contributed by atoms with Crippen LogP contribution < -0.4 is 0 Å². The van der Waals surface area contributed by atoms with Crippen LogP contribution in [0.25, 0.3) is 0 Å². The Labute approximate surface area is 157 Å². The van der Waals surface area contributed by atoms with Crippen molar-refractivity contribution in [1.29, 1.82) is 0 Å². The molecule has 0 amide bonds. The van der Waals surface area contributed by atoms with Gasteiger partial charge in [-0.05, 0) is 33.8 Å². The summed E-state index contributed by atoms with van der Waals surface area (Å²) in [5.74, 6) is -2.87. The number of aliphatic hydroxyl groups excluding tert-OH is 1. The van der Waals surface area contributed by atoms with Gasteiger partial charge >= 0.3 is 17.9 Å². The number of aliphatic hydroxyl groups is 1. The number of hydrogen-bond acceptors (Lipinski definition) is 9. The highest BCUT2D eigenvalue weighted by molar-refractivity contribution is 5.90. The predicted octanol–water partition coefficient (Wildman–Crippen LogP) is 0.467. The molecular weight excluding hydrogens is 360 g/mol. The first kappa shape index (κ1) is 22.8. The highest BCUT2D eigenvalue weighted by Crippen LogP contribution is 2.12. The molecule has 0 aliphatic carbocycles. The van der Waals surface area contributed by atoms with Gasteiger partial charge in [0.25, 0.3) is 0 Å². The summed E-state index contributed by atoms with van der Waals surface area (Å²) in [5.41, 5.74) is 0. The molecule has 1 N–H and O–H groups in total. The van der Waals surface area contributed by atoms with Gasteiger partial charge in [0.2, 0.25) is 0 Å². The predicted molar refractivity (Wildman–Crippen MR) is 91.5 cm³/mol. The zero-order chi connectivity index (χ0) is 20.6. The number of cyclic esters (lactones) is 3. The Bertz CT molecular complexity index is 583. The lowest BCUT2D eigenvalue weighted by molar-refractivity contribution is -0.168. The van der Waals surface area contributed by atoms with Gasteiger partial charge in [0.15, 0.2) is 18.0 Å². The minimum Gasteiger partial charge on any atom is -0.459 e. The van der Waals surface area contributed by atoms with Gasteiger partial charge in [0.1, 0.15) is 18.3 Å². The standard InChI is InChI=1S/C18H26O9/c1-5-24-15-9-14(20)12(4)26-17(22)8-10(2)25-16(21)7-6-13(19)11(3)27-18(15)23/h6-7,10-13,15,19H,5,8-9H2,1-4H3/b7-6+. The Morgan fingerprint density at radius 2 is 1.74 bits per heavy atom. The van der Waals surface area contributed by atoms with Crippen molar-refractivity contribution in [2.24, 2.45) is 0 Å². The lowest BCUT2D eigenvalue weighted by Crippen LogP contribution is -2.37. The van der Waals surface area contributed by atoms with E-state index in [4.69, 9.17) is 18.9 Å². The van der Waals surface area contributed by atoms with Crippen molar-refractivity contribution in [3.05, 3.63) is 12.2 Å². The smallest absolute Gasteiger partial charge is 0.336 e. The number of hydrogen-bond donors (Lipinski definition) is 1. The molecule has 0 spiro atoms. The summed E-state index contributed by atoms with van der Waals surface area (Å²) in [6.07, 6.45) is -3.84. The Morgan fingerprint density at radius 3 is 2.37 bits per heavy atom. The minimum atomic E-state index is -1.27. The zero-order valence-electron chi connectivity index (χ0n) is 15.9. The van der Waals surface area contributed by atoms with Crippen molar-refractivity contribution < 1.29 is 43.2 Å². The molecule has 152 valence electrons. The fraction of sp³-hybridized carbons (Fsp3) is 0.667. The number of ether oxygens (including phenoxy) is 4. The van der Waals surface area contributed by atoms with Crippen LogP contribution in [0.15, 0.2) is 12.2 Å². The fourth-order valence-electron chi connectivity index (χ4n) is 2.25. The minimum absolute atomic E-state index is 0.154. The van der Waals surface area contributed by atoms with Crippen molar-refractivity contribution in [3.63, 3.8) is 0 Å². The summed E-state index contributed by atoms with van der Waals surface area (Å²) in [6, 6.07) is 0. The largest absolute Gasteiger partial charge is 0.459 e. The molecule has 0 radical (unpaired) electrons. The molecule has 0 bridgehead atoms. The molecule has 5 atom stereocenters. The van der Waals surface area contributed by atoms with E-state index in [0.717, 1.165) is 12.2 Å². The van der Waals surface area contributed by atoms with Crippen molar-refractivity contribution in [1.82, 2.24) is 0 Å². The first-order valence-corrected chi connectivity index (χ1v) is 8.75. The molecule has 0 aromatic heterocycles. The number of esters is 3. The summed E-state index contributed by atoms with van der Waals surface area (Å²) >= 11 is 0. The first-order chi connectivity index (χ1) is 12.6. The van der Waals surface area contributed by atoms with E-state index < -0.39 is 54.2 Å². The maximum atomic E-state index is 12.3. The topological polar surface area (TPSA) is 125 Å².